The van der Waals surface area contributed by atoms with Gasteiger partial charge in [0.25, 0.3) is 0 Å². The number of carboxylic acids is 1. The van der Waals surface area contributed by atoms with Gasteiger partial charge in [0.2, 0.25) is 0 Å². The average molecular weight is 297 g/mol. The molecule has 1 aromatic carbocycles. The second kappa shape index (κ2) is 5.59. The molecular formula is C13H13ClN2O2S. The number of thiazole rings is 1. The molecule has 100 valence electrons. The van der Waals surface area contributed by atoms with E-state index in [1.54, 1.807) is 25.1 Å². The van der Waals surface area contributed by atoms with Gasteiger partial charge in [0.1, 0.15) is 0 Å². The zero-order valence-electron chi connectivity index (χ0n) is 10.5. The van der Waals surface area contributed by atoms with Crippen LogP contribution in [0, 0.1) is 6.92 Å². The third-order valence-corrected chi connectivity index (χ3v) is 3.91. The van der Waals surface area contributed by atoms with E-state index in [9.17, 15) is 4.79 Å². The van der Waals surface area contributed by atoms with Gasteiger partial charge < -0.3 is 10.4 Å². The molecule has 0 aliphatic carbocycles. The van der Waals surface area contributed by atoms with Crippen molar-refractivity contribution < 1.29 is 9.90 Å². The van der Waals surface area contributed by atoms with Crippen LogP contribution < -0.4 is 5.32 Å². The lowest BCUT2D eigenvalue weighted by molar-refractivity contribution is -0.138. The van der Waals surface area contributed by atoms with Gasteiger partial charge in [0, 0.05) is 16.1 Å². The fraction of sp³-hybridized carbons (Fsp3) is 0.231. The normalized spacial score (nSPS) is 12.2. The Hall–Kier alpha value is -1.59. The van der Waals surface area contributed by atoms with Gasteiger partial charge in [-0.2, -0.15) is 0 Å². The molecule has 6 heteroatoms. The number of hydrogen-bond donors (Lipinski definition) is 2. The molecule has 1 aromatic heterocycles. The number of nitrogens with zero attached hydrogens (tertiary/aromatic N) is 1. The van der Waals surface area contributed by atoms with Crippen molar-refractivity contribution in [1.29, 1.82) is 0 Å². The maximum absolute atomic E-state index is 10.9. The molecule has 0 aliphatic rings. The van der Waals surface area contributed by atoms with Crippen molar-refractivity contribution in [2.45, 2.75) is 19.8 Å². The summed E-state index contributed by atoms with van der Waals surface area (Å²) in [6.45, 7) is 3.53. The highest BCUT2D eigenvalue weighted by Gasteiger charge is 2.17. The summed E-state index contributed by atoms with van der Waals surface area (Å²) in [4.78, 5) is 15.2. The van der Waals surface area contributed by atoms with Gasteiger partial charge in [-0.25, -0.2) is 4.98 Å². The lowest BCUT2D eigenvalue weighted by Crippen LogP contribution is -2.08. The van der Waals surface area contributed by atoms with Crippen LogP contribution in [0.5, 0.6) is 0 Å². The number of carboxylic acid groups (broad SMARTS) is 1. The number of aryl methyl sites for hydroxylation is 1. The Labute approximate surface area is 120 Å². The SMILES string of the molecule is Cc1csc(Nc2ccc(C(C)C(=O)O)c(Cl)c2)n1. The zero-order valence-corrected chi connectivity index (χ0v) is 12.0. The number of hydrogen-bond acceptors (Lipinski definition) is 4. The van der Waals surface area contributed by atoms with E-state index in [1.165, 1.54) is 11.3 Å². The van der Waals surface area contributed by atoms with E-state index < -0.39 is 11.9 Å². The molecule has 19 heavy (non-hydrogen) atoms. The number of aliphatic carboxylic acids is 1. The summed E-state index contributed by atoms with van der Waals surface area (Å²) < 4.78 is 0. The van der Waals surface area contributed by atoms with Crippen LogP contribution in [0.1, 0.15) is 24.1 Å². The first kappa shape index (κ1) is 13.8. The minimum atomic E-state index is -0.891. The lowest BCUT2D eigenvalue weighted by Gasteiger charge is -2.11. The Bertz CT molecular complexity index is 612. The third kappa shape index (κ3) is 3.24. The molecular weight excluding hydrogens is 284 g/mol. The predicted octanol–water partition coefficient (Wildman–Crippen LogP) is 4.04. The summed E-state index contributed by atoms with van der Waals surface area (Å²) in [6.07, 6.45) is 0. The summed E-state index contributed by atoms with van der Waals surface area (Å²) >= 11 is 7.63. The molecule has 2 aromatic rings. The lowest BCUT2D eigenvalue weighted by atomic mass is 10.0. The molecule has 1 heterocycles. The van der Waals surface area contributed by atoms with E-state index >= 15 is 0 Å². The minimum Gasteiger partial charge on any atom is -0.481 e. The topological polar surface area (TPSA) is 62.2 Å². The number of carbonyl (C=O) groups is 1. The smallest absolute Gasteiger partial charge is 0.310 e. The van der Waals surface area contributed by atoms with Crippen LogP contribution >= 0.6 is 22.9 Å². The van der Waals surface area contributed by atoms with Crippen LogP contribution in [0.4, 0.5) is 10.8 Å². The highest BCUT2D eigenvalue weighted by Crippen LogP contribution is 2.29. The largest absolute Gasteiger partial charge is 0.481 e. The van der Waals surface area contributed by atoms with Crippen molar-refractivity contribution >= 4 is 39.7 Å². The minimum absolute atomic E-state index is 0.438. The van der Waals surface area contributed by atoms with Gasteiger partial charge >= 0.3 is 5.97 Å². The zero-order chi connectivity index (χ0) is 14.0. The van der Waals surface area contributed by atoms with E-state index in [4.69, 9.17) is 16.7 Å². The van der Waals surface area contributed by atoms with Gasteiger partial charge in [-0.3, -0.25) is 4.79 Å². The molecule has 2 rings (SSSR count). The van der Waals surface area contributed by atoms with E-state index in [-0.39, 0.29) is 0 Å². The third-order valence-electron chi connectivity index (χ3n) is 2.71. The molecule has 0 aliphatic heterocycles. The number of halogens is 1. The Morgan fingerprint density at radius 2 is 2.26 bits per heavy atom. The number of anilines is 2. The van der Waals surface area contributed by atoms with E-state index in [0.29, 0.717) is 10.6 Å². The van der Waals surface area contributed by atoms with Crippen molar-refractivity contribution in [3.8, 4) is 0 Å². The Morgan fingerprint density at radius 1 is 1.53 bits per heavy atom. The summed E-state index contributed by atoms with van der Waals surface area (Å²) in [6, 6.07) is 5.24. The number of aromatic nitrogens is 1. The Morgan fingerprint density at radius 3 is 2.79 bits per heavy atom. The highest BCUT2D eigenvalue weighted by molar-refractivity contribution is 7.13. The Balaban J connectivity index is 2.21. The van der Waals surface area contributed by atoms with Crippen LogP contribution in [0.3, 0.4) is 0 Å². The number of rotatable bonds is 4. The van der Waals surface area contributed by atoms with E-state index in [0.717, 1.165) is 16.5 Å². The van der Waals surface area contributed by atoms with E-state index in [2.05, 4.69) is 10.3 Å². The summed E-state index contributed by atoms with van der Waals surface area (Å²) in [5.74, 6) is -1.51. The van der Waals surface area contributed by atoms with Crippen LogP contribution in [-0.4, -0.2) is 16.1 Å². The fourth-order valence-corrected chi connectivity index (χ4v) is 2.68. The fourth-order valence-electron chi connectivity index (χ4n) is 1.62. The molecule has 0 radical (unpaired) electrons. The monoisotopic (exact) mass is 296 g/mol. The van der Waals surface area contributed by atoms with Crippen molar-refractivity contribution in [1.82, 2.24) is 4.98 Å². The maximum Gasteiger partial charge on any atom is 0.310 e. The molecule has 0 spiro atoms. The summed E-state index contributed by atoms with van der Waals surface area (Å²) in [5.41, 5.74) is 2.35. The molecule has 0 fully saturated rings. The van der Waals surface area contributed by atoms with Gasteiger partial charge in [-0.1, -0.05) is 17.7 Å². The number of nitrogens with one attached hydrogen (secondary N) is 1. The first-order valence-electron chi connectivity index (χ1n) is 5.69. The highest BCUT2D eigenvalue weighted by atomic mass is 35.5. The predicted molar refractivity (Wildman–Crippen MR) is 77.6 cm³/mol. The van der Waals surface area contributed by atoms with Crippen LogP contribution in [0.2, 0.25) is 5.02 Å². The van der Waals surface area contributed by atoms with Crippen LogP contribution in [0.15, 0.2) is 23.6 Å². The molecule has 1 unspecified atom stereocenters. The number of benzene rings is 1. The Kier molecular flexibility index (Phi) is 4.07. The standard InChI is InChI=1S/C13H13ClN2O2S/c1-7-6-19-13(15-7)16-9-3-4-10(11(14)5-9)8(2)12(17)18/h3-6,8H,1-2H3,(H,15,16)(H,17,18). The first-order valence-corrected chi connectivity index (χ1v) is 6.94. The summed E-state index contributed by atoms with van der Waals surface area (Å²) in [7, 11) is 0. The average Bonchev–Trinajstić information content (AvgIpc) is 2.74. The first-order chi connectivity index (χ1) is 8.97. The van der Waals surface area contributed by atoms with Crippen LogP contribution in [-0.2, 0) is 4.79 Å². The quantitative estimate of drug-likeness (QED) is 0.894. The molecule has 1 atom stereocenters. The van der Waals surface area contributed by atoms with Gasteiger partial charge in [-0.05, 0) is 31.5 Å². The van der Waals surface area contributed by atoms with Gasteiger partial charge in [0.05, 0.1) is 11.6 Å². The maximum atomic E-state index is 10.9. The second-order valence-electron chi connectivity index (χ2n) is 4.22. The van der Waals surface area contributed by atoms with E-state index in [1.807, 2.05) is 12.3 Å². The molecule has 4 nitrogen and oxygen atoms in total. The molecule has 0 saturated heterocycles. The van der Waals surface area contributed by atoms with Crippen LogP contribution in [0.25, 0.3) is 0 Å². The second-order valence-corrected chi connectivity index (χ2v) is 5.48. The van der Waals surface area contributed by atoms with Gasteiger partial charge in [0.15, 0.2) is 5.13 Å². The van der Waals surface area contributed by atoms with Crippen molar-refractivity contribution in [2.24, 2.45) is 0 Å². The van der Waals surface area contributed by atoms with Gasteiger partial charge in [-0.15, -0.1) is 11.3 Å². The van der Waals surface area contributed by atoms with Crippen molar-refractivity contribution in [2.75, 3.05) is 5.32 Å². The molecule has 0 bridgehead atoms. The molecule has 0 saturated carbocycles. The van der Waals surface area contributed by atoms with Crippen molar-refractivity contribution in [3.63, 3.8) is 0 Å². The summed E-state index contributed by atoms with van der Waals surface area (Å²) in [5, 5.41) is 15.3. The molecule has 0 amide bonds. The van der Waals surface area contributed by atoms with Crippen molar-refractivity contribution in [3.05, 3.63) is 39.9 Å². The molecule has 2 N–H and O–H groups in total.